The first-order valence-corrected chi connectivity index (χ1v) is 9.48. The van der Waals surface area contributed by atoms with Crippen LogP contribution in [-0.2, 0) is 9.84 Å². The second kappa shape index (κ2) is 6.02. The fourth-order valence-electron chi connectivity index (χ4n) is 1.83. The highest BCUT2D eigenvalue weighted by atomic mass is 79.9. The van der Waals surface area contributed by atoms with Crippen molar-refractivity contribution in [1.82, 2.24) is 0 Å². The number of aryl methyl sites for hydroxylation is 1. The van der Waals surface area contributed by atoms with E-state index in [4.69, 9.17) is 0 Å². The third kappa shape index (κ3) is 3.62. The molecule has 0 unspecified atom stereocenters. The smallest absolute Gasteiger partial charge is 0.194 e. The molecule has 2 rings (SSSR count). The molecule has 0 saturated heterocycles. The summed E-state index contributed by atoms with van der Waals surface area (Å²) in [5, 5.41) is 0. The van der Waals surface area contributed by atoms with Gasteiger partial charge in [-0.05, 0) is 48.9 Å². The van der Waals surface area contributed by atoms with Gasteiger partial charge in [-0.25, -0.2) is 8.42 Å². The molecular weight excluding hydrogens is 420 g/mol. The van der Waals surface area contributed by atoms with Crippen LogP contribution in [0.3, 0.4) is 0 Å². The average Bonchev–Trinajstić information content (AvgIpc) is 2.41. The molecule has 0 N–H and O–H groups in total. The van der Waals surface area contributed by atoms with Gasteiger partial charge in [0.2, 0.25) is 0 Å². The highest BCUT2D eigenvalue weighted by Gasteiger charge is 2.15. The van der Waals surface area contributed by atoms with Crippen LogP contribution in [0.15, 0.2) is 50.2 Å². The Morgan fingerprint density at radius 3 is 2.10 bits per heavy atom. The number of hydrogen-bond donors (Lipinski definition) is 0. The number of ketones is 1. The Hall–Kier alpha value is -0.980. The van der Waals surface area contributed by atoms with Crippen molar-refractivity contribution in [3.63, 3.8) is 0 Å². The summed E-state index contributed by atoms with van der Waals surface area (Å²) < 4.78 is 24.4. The largest absolute Gasteiger partial charge is 0.289 e. The fourth-order valence-corrected chi connectivity index (χ4v) is 3.44. The number of carbonyl (C=O) groups excluding carboxylic acids is 1. The SMILES string of the molecule is Cc1cc(Br)c(C(=O)c2ccc(S(C)(=O)=O)cc2)cc1Br. The minimum atomic E-state index is -3.26. The zero-order valence-corrected chi connectivity index (χ0v) is 15.3. The molecule has 0 spiro atoms. The normalized spacial score (nSPS) is 11.4. The van der Waals surface area contributed by atoms with Crippen LogP contribution in [0.2, 0.25) is 0 Å². The van der Waals surface area contributed by atoms with E-state index in [1.165, 1.54) is 24.3 Å². The molecule has 0 fully saturated rings. The molecule has 0 aliphatic rings. The molecule has 0 atom stereocenters. The number of benzene rings is 2. The number of carbonyl (C=O) groups is 1. The van der Waals surface area contributed by atoms with Crippen LogP contribution in [0.25, 0.3) is 0 Å². The number of halogens is 2. The van der Waals surface area contributed by atoms with Gasteiger partial charge in [0.1, 0.15) is 0 Å². The van der Waals surface area contributed by atoms with Gasteiger partial charge in [0.05, 0.1) is 4.90 Å². The van der Waals surface area contributed by atoms with Crippen molar-refractivity contribution < 1.29 is 13.2 Å². The molecule has 2 aromatic rings. The molecule has 0 aromatic heterocycles. The number of rotatable bonds is 3. The first kappa shape index (κ1) is 16.4. The van der Waals surface area contributed by atoms with E-state index in [9.17, 15) is 13.2 Å². The van der Waals surface area contributed by atoms with Gasteiger partial charge in [0.15, 0.2) is 15.6 Å². The molecule has 21 heavy (non-hydrogen) atoms. The predicted molar refractivity (Wildman–Crippen MR) is 89.6 cm³/mol. The maximum Gasteiger partial charge on any atom is 0.194 e. The zero-order chi connectivity index (χ0) is 15.8. The topological polar surface area (TPSA) is 51.2 Å². The molecule has 110 valence electrons. The fraction of sp³-hybridized carbons (Fsp3) is 0.133. The lowest BCUT2D eigenvalue weighted by Crippen LogP contribution is -2.04. The summed E-state index contributed by atoms with van der Waals surface area (Å²) in [4.78, 5) is 12.7. The van der Waals surface area contributed by atoms with Crippen LogP contribution in [0, 0.1) is 6.92 Å². The summed E-state index contributed by atoms with van der Waals surface area (Å²) in [5.74, 6) is -0.164. The van der Waals surface area contributed by atoms with Crippen LogP contribution >= 0.6 is 31.9 Å². The molecule has 0 saturated carbocycles. The van der Waals surface area contributed by atoms with E-state index in [0.29, 0.717) is 15.6 Å². The van der Waals surface area contributed by atoms with Crippen LogP contribution in [0.5, 0.6) is 0 Å². The average molecular weight is 432 g/mol. The summed E-state index contributed by atoms with van der Waals surface area (Å²) in [7, 11) is -3.26. The molecule has 6 heteroatoms. The van der Waals surface area contributed by atoms with E-state index < -0.39 is 9.84 Å². The Balaban J connectivity index is 2.44. The molecule has 0 radical (unpaired) electrons. The van der Waals surface area contributed by atoms with Crippen molar-refractivity contribution in [1.29, 1.82) is 0 Å². The molecular formula is C15H12Br2O3S. The van der Waals surface area contributed by atoms with Crippen molar-refractivity contribution in [2.75, 3.05) is 6.26 Å². The minimum Gasteiger partial charge on any atom is -0.289 e. The van der Waals surface area contributed by atoms with E-state index in [2.05, 4.69) is 31.9 Å². The van der Waals surface area contributed by atoms with Crippen LogP contribution in [-0.4, -0.2) is 20.5 Å². The van der Waals surface area contributed by atoms with Gasteiger partial charge in [0.25, 0.3) is 0 Å². The Kier molecular flexibility index (Phi) is 4.70. The van der Waals surface area contributed by atoms with Gasteiger partial charge in [-0.3, -0.25) is 4.79 Å². The molecule has 0 aliphatic heterocycles. The van der Waals surface area contributed by atoms with Gasteiger partial charge in [-0.2, -0.15) is 0 Å². The monoisotopic (exact) mass is 430 g/mol. The lowest BCUT2D eigenvalue weighted by atomic mass is 10.0. The summed E-state index contributed by atoms with van der Waals surface area (Å²) >= 11 is 6.79. The first-order valence-electron chi connectivity index (χ1n) is 6.00. The molecule has 0 bridgehead atoms. The molecule has 0 heterocycles. The predicted octanol–water partition coefficient (Wildman–Crippen LogP) is 4.15. The van der Waals surface area contributed by atoms with E-state index in [1.54, 1.807) is 6.07 Å². The number of sulfone groups is 1. The summed E-state index contributed by atoms with van der Waals surface area (Å²) in [6.45, 7) is 1.93. The first-order chi connectivity index (χ1) is 9.70. The second-order valence-corrected chi connectivity index (χ2v) is 8.43. The van der Waals surface area contributed by atoms with Gasteiger partial charge in [-0.1, -0.05) is 31.9 Å². The Bertz CT molecular complexity index is 810. The molecule has 2 aromatic carbocycles. The van der Waals surface area contributed by atoms with Crippen molar-refractivity contribution in [2.24, 2.45) is 0 Å². The maximum atomic E-state index is 12.5. The van der Waals surface area contributed by atoms with Crippen molar-refractivity contribution in [3.05, 3.63) is 62.0 Å². The van der Waals surface area contributed by atoms with E-state index in [1.807, 2.05) is 13.0 Å². The molecule has 3 nitrogen and oxygen atoms in total. The Morgan fingerprint density at radius 1 is 1.00 bits per heavy atom. The maximum absolute atomic E-state index is 12.5. The Morgan fingerprint density at radius 2 is 1.57 bits per heavy atom. The standard InChI is InChI=1S/C15H12Br2O3S/c1-9-7-14(17)12(8-13(9)16)15(18)10-3-5-11(6-4-10)21(2,19)20/h3-8H,1-2H3. The summed E-state index contributed by atoms with van der Waals surface area (Å²) in [6.07, 6.45) is 1.14. The number of hydrogen-bond acceptors (Lipinski definition) is 3. The van der Waals surface area contributed by atoms with Crippen molar-refractivity contribution >= 4 is 47.5 Å². The third-order valence-electron chi connectivity index (χ3n) is 3.04. The second-order valence-electron chi connectivity index (χ2n) is 4.71. The quantitative estimate of drug-likeness (QED) is 0.685. The molecule has 0 aliphatic carbocycles. The van der Waals surface area contributed by atoms with Gasteiger partial charge in [0, 0.05) is 26.3 Å². The zero-order valence-electron chi connectivity index (χ0n) is 11.4. The van der Waals surface area contributed by atoms with E-state index in [0.717, 1.165) is 16.3 Å². The minimum absolute atomic E-state index is 0.164. The molecule has 0 amide bonds. The highest BCUT2D eigenvalue weighted by Crippen LogP contribution is 2.27. The van der Waals surface area contributed by atoms with Crippen LogP contribution < -0.4 is 0 Å². The third-order valence-corrected chi connectivity index (χ3v) is 5.68. The van der Waals surface area contributed by atoms with E-state index >= 15 is 0 Å². The van der Waals surface area contributed by atoms with E-state index in [-0.39, 0.29) is 10.7 Å². The van der Waals surface area contributed by atoms with Crippen molar-refractivity contribution in [2.45, 2.75) is 11.8 Å². The van der Waals surface area contributed by atoms with Crippen LogP contribution in [0.1, 0.15) is 21.5 Å². The highest BCUT2D eigenvalue weighted by molar-refractivity contribution is 9.11. The van der Waals surface area contributed by atoms with Gasteiger partial charge in [-0.15, -0.1) is 0 Å². The summed E-state index contributed by atoms with van der Waals surface area (Å²) in [5.41, 5.74) is 1.99. The van der Waals surface area contributed by atoms with Crippen molar-refractivity contribution in [3.8, 4) is 0 Å². The lowest BCUT2D eigenvalue weighted by Gasteiger charge is -2.07. The Labute approximate surface area is 140 Å². The lowest BCUT2D eigenvalue weighted by molar-refractivity contribution is 0.103. The van der Waals surface area contributed by atoms with Gasteiger partial charge < -0.3 is 0 Å². The van der Waals surface area contributed by atoms with Gasteiger partial charge >= 0.3 is 0 Å². The summed E-state index contributed by atoms with van der Waals surface area (Å²) in [6, 6.07) is 9.56. The van der Waals surface area contributed by atoms with Crippen LogP contribution in [0.4, 0.5) is 0 Å².